The Labute approximate surface area is 182 Å². The molecule has 6 nitrogen and oxygen atoms in total. The third-order valence-corrected chi connectivity index (χ3v) is 6.10. The van der Waals surface area contributed by atoms with Crippen molar-refractivity contribution in [2.24, 2.45) is 0 Å². The van der Waals surface area contributed by atoms with E-state index >= 15 is 0 Å². The van der Waals surface area contributed by atoms with E-state index in [1.54, 1.807) is 27.7 Å². The fourth-order valence-electron chi connectivity index (χ4n) is 2.37. The summed E-state index contributed by atoms with van der Waals surface area (Å²) in [4.78, 5) is 12.1. The van der Waals surface area contributed by atoms with E-state index in [1.165, 1.54) is 40.3 Å². The Kier molecular flexibility index (Phi) is 9.84. The van der Waals surface area contributed by atoms with Gasteiger partial charge in [-0.25, -0.2) is 12.8 Å². The van der Waals surface area contributed by atoms with Gasteiger partial charge in [-0.2, -0.15) is 0 Å². The molecule has 0 saturated heterocycles. The molecule has 0 aromatic heterocycles. The normalized spacial score (nSPS) is 12.9. The standard InChI is InChI=1S/C19H28FNO5S3/c1-6-25-18(27)28-16(11-12-17(22)26-19(2,3)4)13-21(29(5,23)24)15-9-7-14(20)8-10-15/h7-10,16H,6,11-13H2,1-5H3. The molecule has 1 aromatic rings. The Morgan fingerprint density at radius 2 is 1.86 bits per heavy atom. The summed E-state index contributed by atoms with van der Waals surface area (Å²) in [6.07, 6.45) is 1.51. The average Bonchev–Trinajstić information content (AvgIpc) is 2.56. The van der Waals surface area contributed by atoms with E-state index in [0.29, 0.717) is 18.7 Å². The van der Waals surface area contributed by atoms with Crippen LogP contribution in [0.15, 0.2) is 24.3 Å². The van der Waals surface area contributed by atoms with Gasteiger partial charge in [0.1, 0.15) is 11.4 Å². The highest BCUT2D eigenvalue weighted by Crippen LogP contribution is 2.26. The molecule has 0 saturated carbocycles. The van der Waals surface area contributed by atoms with Crippen LogP contribution in [0.1, 0.15) is 40.5 Å². The van der Waals surface area contributed by atoms with E-state index in [-0.39, 0.29) is 28.6 Å². The lowest BCUT2D eigenvalue weighted by Crippen LogP contribution is -2.36. The summed E-state index contributed by atoms with van der Waals surface area (Å²) in [6.45, 7) is 7.57. The third kappa shape index (κ3) is 10.3. The first-order valence-electron chi connectivity index (χ1n) is 9.10. The Hall–Kier alpha value is -1.39. The Morgan fingerprint density at radius 1 is 1.28 bits per heavy atom. The summed E-state index contributed by atoms with van der Waals surface area (Å²) in [5.41, 5.74) is -0.271. The fourth-order valence-corrected chi connectivity index (χ4v) is 4.86. The molecule has 0 aliphatic carbocycles. The zero-order valence-electron chi connectivity index (χ0n) is 17.3. The summed E-state index contributed by atoms with van der Waals surface area (Å²) in [5.74, 6) is -0.839. The summed E-state index contributed by atoms with van der Waals surface area (Å²) < 4.78 is 50.0. The molecule has 1 atom stereocenters. The van der Waals surface area contributed by atoms with Gasteiger partial charge in [-0.3, -0.25) is 9.10 Å². The second kappa shape index (κ2) is 11.1. The van der Waals surface area contributed by atoms with Crippen molar-refractivity contribution < 1.29 is 27.1 Å². The monoisotopic (exact) mass is 465 g/mol. The number of carbonyl (C=O) groups excluding carboxylic acids is 1. The van der Waals surface area contributed by atoms with Crippen LogP contribution in [0, 0.1) is 5.82 Å². The van der Waals surface area contributed by atoms with Crippen LogP contribution in [-0.2, 0) is 24.3 Å². The number of hydrogen-bond acceptors (Lipinski definition) is 7. The first kappa shape index (κ1) is 25.6. The highest BCUT2D eigenvalue weighted by Gasteiger charge is 2.26. The van der Waals surface area contributed by atoms with Crippen molar-refractivity contribution >= 4 is 50.0 Å². The highest BCUT2D eigenvalue weighted by atomic mass is 32.2. The van der Waals surface area contributed by atoms with E-state index in [4.69, 9.17) is 21.7 Å². The number of anilines is 1. The molecule has 0 fully saturated rings. The van der Waals surface area contributed by atoms with Crippen molar-refractivity contribution in [3.63, 3.8) is 0 Å². The van der Waals surface area contributed by atoms with Gasteiger partial charge in [0.2, 0.25) is 14.4 Å². The number of ether oxygens (including phenoxy) is 2. The SMILES string of the molecule is CCOC(=S)SC(CCC(=O)OC(C)(C)C)CN(c1ccc(F)cc1)S(C)(=O)=O. The van der Waals surface area contributed by atoms with Crippen LogP contribution in [0.3, 0.4) is 0 Å². The van der Waals surface area contributed by atoms with Crippen LogP contribution in [0.25, 0.3) is 0 Å². The molecule has 0 N–H and O–H groups in total. The van der Waals surface area contributed by atoms with Gasteiger partial charge in [0, 0.05) is 18.2 Å². The van der Waals surface area contributed by atoms with Gasteiger partial charge >= 0.3 is 5.97 Å². The van der Waals surface area contributed by atoms with Crippen molar-refractivity contribution in [1.29, 1.82) is 0 Å². The van der Waals surface area contributed by atoms with E-state index in [2.05, 4.69) is 0 Å². The Bertz CT molecular complexity index is 791. The van der Waals surface area contributed by atoms with Gasteiger partial charge in [0.15, 0.2) is 0 Å². The largest absolute Gasteiger partial charge is 0.479 e. The van der Waals surface area contributed by atoms with Crippen molar-refractivity contribution in [3.05, 3.63) is 30.1 Å². The second-order valence-corrected chi connectivity index (χ2v) is 11.1. The predicted molar refractivity (Wildman–Crippen MR) is 119 cm³/mol. The number of halogens is 1. The molecule has 0 spiro atoms. The van der Waals surface area contributed by atoms with Crippen LogP contribution < -0.4 is 4.31 Å². The van der Waals surface area contributed by atoms with Gasteiger partial charge in [-0.1, -0.05) is 11.8 Å². The smallest absolute Gasteiger partial charge is 0.306 e. The topological polar surface area (TPSA) is 72.9 Å². The van der Waals surface area contributed by atoms with Crippen molar-refractivity contribution in [2.75, 3.05) is 23.7 Å². The number of sulfonamides is 1. The van der Waals surface area contributed by atoms with Crippen LogP contribution in [0.5, 0.6) is 0 Å². The van der Waals surface area contributed by atoms with Crippen molar-refractivity contribution in [1.82, 2.24) is 0 Å². The molecule has 29 heavy (non-hydrogen) atoms. The lowest BCUT2D eigenvalue weighted by molar-refractivity contribution is -0.154. The zero-order valence-corrected chi connectivity index (χ0v) is 19.8. The van der Waals surface area contributed by atoms with Crippen LogP contribution in [0.4, 0.5) is 10.1 Å². The molecule has 0 bridgehead atoms. The van der Waals surface area contributed by atoms with Gasteiger partial charge < -0.3 is 9.47 Å². The van der Waals surface area contributed by atoms with Crippen LogP contribution in [-0.4, -0.2) is 49.0 Å². The van der Waals surface area contributed by atoms with Gasteiger partial charge in [0.05, 0.1) is 18.6 Å². The molecule has 0 aliphatic rings. The highest BCUT2D eigenvalue weighted by molar-refractivity contribution is 8.23. The number of thioether (sulfide) groups is 1. The number of hydrogen-bond donors (Lipinski definition) is 0. The van der Waals surface area contributed by atoms with Crippen molar-refractivity contribution in [2.45, 2.75) is 51.4 Å². The minimum absolute atomic E-state index is 0.0468. The Morgan fingerprint density at radius 3 is 2.34 bits per heavy atom. The molecule has 1 aromatic carbocycles. The van der Waals surface area contributed by atoms with Crippen LogP contribution >= 0.6 is 24.0 Å². The molecular weight excluding hydrogens is 437 g/mol. The molecule has 0 aliphatic heterocycles. The summed E-state index contributed by atoms with van der Waals surface area (Å²) in [5, 5.41) is -0.360. The number of carbonyl (C=O) groups is 1. The molecule has 0 radical (unpaired) electrons. The molecule has 0 heterocycles. The number of nitrogens with zero attached hydrogens (tertiary/aromatic N) is 1. The maximum atomic E-state index is 13.3. The maximum absolute atomic E-state index is 13.3. The van der Waals surface area contributed by atoms with E-state index in [0.717, 1.165) is 6.26 Å². The first-order chi connectivity index (χ1) is 13.3. The molecule has 164 valence electrons. The molecule has 0 amide bonds. The minimum atomic E-state index is -3.64. The van der Waals surface area contributed by atoms with Crippen LogP contribution in [0.2, 0.25) is 0 Å². The van der Waals surface area contributed by atoms with Gasteiger partial charge in [-0.15, -0.1) is 0 Å². The summed E-state index contributed by atoms with van der Waals surface area (Å²) in [7, 11) is -3.64. The number of thiocarbonyl (C=S) groups is 1. The van der Waals surface area contributed by atoms with Gasteiger partial charge in [0.25, 0.3) is 0 Å². The maximum Gasteiger partial charge on any atom is 0.306 e. The van der Waals surface area contributed by atoms with E-state index in [9.17, 15) is 17.6 Å². The van der Waals surface area contributed by atoms with Gasteiger partial charge in [-0.05, 0) is 70.6 Å². The lowest BCUT2D eigenvalue weighted by atomic mass is 10.2. The quantitative estimate of drug-likeness (QED) is 0.401. The molecule has 1 rings (SSSR count). The molecule has 1 unspecified atom stereocenters. The summed E-state index contributed by atoms with van der Waals surface area (Å²) >= 11 is 6.38. The molecular formula is C19H28FNO5S3. The third-order valence-electron chi connectivity index (χ3n) is 3.50. The number of rotatable bonds is 9. The summed E-state index contributed by atoms with van der Waals surface area (Å²) in [6, 6.07) is 5.18. The molecule has 10 heteroatoms. The fraction of sp³-hybridized carbons (Fsp3) is 0.579. The minimum Gasteiger partial charge on any atom is -0.479 e. The Balaban J connectivity index is 3.00. The zero-order chi connectivity index (χ0) is 22.2. The average molecular weight is 466 g/mol. The lowest BCUT2D eigenvalue weighted by Gasteiger charge is -2.27. The van der Waals surface area contributed by atoms with E-state index < -0.39 is 21.4 Å². The number of esters is 1. The first-order valence-corrected chi connectivity index (χ1v) is 12.2. The van der Waals surface area contributed by atoms with Crippen molar-refractivity contribution in [3.8, 4) is 0 Å². The van der Waals surface area contributed by atoms with E-state index in [1.807, 2.05) is 0 Å². The second-order valence-electron chi connectivity index (χ2n) is 7.32. The predicted octanol–water partition coefficient (Wildman–Crippen LogP) is 4.14. The number of benzene rings is 1.